The van der Waals surface area contributed by atoms with Crippen LogP contribution in [-0.2, 0) is 0 Å². The SMILES string of the molecule is Cc1cccc2nc3cccc(C(=O)NCCNCCNCCNC(=O)c4cccc5nc6cccc(C)c6nc45)c3nc12. The maximum absolute atomic E-state index is 12.9. The van der Waals surface area contributed by atoms with Crippen LogP contribution in [0, 0.1) is 13.8 Å². The summed E-state index contributed by atoms with van der Waals surface area (Å²) in [6, 6.07) is 22.7. The van der Waals surface area contributed by atoms with Crippen molar-refractivity contribution < 1.29 is 9.59 Å². The Morgan fingerprint density at radius 2 is 0.841 bits per heavy atom. The van der Waals surface area contributed by atoms with Gasteiger partial charge in [-0.15, -0.1) is 0 Å². The molecule has 0 atom stereocenters. The lowest BCUT2D eigenvalue weighted by Crippen LogP contribution is -2.37. The lowest BCUT2D eigenvalue weighted by molar-refractivity contribution is 0.0947. The fourth-order valence-corrected chi connectivity index (χ4v) is 5.23. The molecule has 2 aromatic heterocycles. The van der Waals surface area contributed by atoms with Crippen molar-refractivity contribution in [1.29, 1.82) is 0 Å². The minimum Gasteiger partial charge on any atom is -0.351 e. The van der Waals surface area contributed by atoms with Crippen LogP contribution in [-0.4, -0.2) is 71.0 Å². The van der Waals surface area contributed by atoms with Gasteiger partial charge in [0.05, 0.1) is 44.2 Å². The molecule has 0 aliphatic heterocycles. The van der Waals surface area contributed by atoms with Gasteiger partial charge in [0.25, 0.3) is 11.8 Å². The number of para-hydroxylation sites is 4. The third-order valence-corrected chi connectivity index (χ3v) is 7.53. The van der Waals surface area contributed by atoms with Gasteiger partial charge in [0.15, 0.2) is 0 Å². The summed E-state index contributed by atoms with van der Waals surface area (Å²) in [5, 5.41) is 12.6. The quantitative estimate of drug-likeness (QED) is 0.133. The molecule has 0 saturated carbocycles. The Kier molecular flexibility index (Phi) is 8.62. The number of carbonyl (C=O) groups excluding carboxylic acids is 2. The third kappa shape index (κ3) is 6.17. The summed E-state index contributed by atoms with van der Waals surface area (Å²) in [7, 11) is 0. The molecule has 0 fully saturated rings. The largest absolute Gasteiger partial charge is 0.351 e. The van der Waals surface area contributed by atoms with Crippen molar-refractivity contribution in [3.05, 3.63) is 95.1 Å². The number of aryl methyl sites for hydroxylation is 2. The number of amides is 2. The number of carbonyl (C=O) groups is 2. The number of fused-ring (bicyclic) bond motifs is 4. The van der Waals surface area contributed by atoms with Gasteiger partial charge in [0, 0.05) is 39.3 Å². The molecule has 2 heterocycles. The van der Waals surface area contributed by atoms with Crippen molar-refractivity contribution >= 4 is 55.9 Å². The topological polar surface area (TPSA) is 134 Å². The third-order valence-electron chi connectivity index (χ3n) is 7.53. The second-order valence-electron chi connectivity index (χ2n) is 10.7. The van der Waals surface area contributed by atoms with Crippen LogP contribution in [0.25, 0.3) is 44.1 Å². The molecule has 4 N–H and O–H groups in total. The van der Waals surface area contributed by atoms with Crippen molar-refractivity contribution in [2.45, 2.75) is 13.8 Å². The maximum Gasteiger partial charge on any atom is 0.253 e. The van der Waals surface area contributed by atoms with E-state index in [9.17, 15) is 9.59 Å². The van der Waals surface area contributed by atoms with Gasteiger partial charge in [-0.2, -0.15) is 0 Å². The second-order valence-corrected chi connectivity index (χ2v) is 10.7. The van der Waals surface area contributed by atoms with Crippen molar-refractivity contribution in [2.24, 2.45) is 0 Å². The molecule has 4 aromatic carbocycles. The van der Waals surface area contributed by atoms with Crippen molar-refractivity contribution in [3.8, 4) is 0 Å². The lowest BCUT2D eigenvalue weighted by Gasteiger charge is -2.11. The number of aromatic nitrogens is 4. The van der Waals surface area contributed by atoms with E-state index >= 15 is 0 Å². The van der Waals surface area contributed by atoms with Gasteiger partial charge in [-0.3, -0.25) is 9.59 Å². The number of hydrogen-bond acceptors (Lipinski definition) is 8. The van der Waals surface area contributed by atoms with E-state index in [1.807, 2.05) is 74.5 Å². The summed E-state index contributed by atoms with van der Waals surface area (Å²) in [5.41, 5.74) is 8.94. The summed E-state index contributed by atoms with van der Waals surface area (Å²) in [4.78, 5) is 44.8. The van der Waals surface area contributed by atoms with Crippen LogP contribution in [0.4, 0.5) is 0 Å². The van der Waals surface area contributed by atoms with Gasteiger partial charge in [-0.25, -0.2) is 19.9 Å². The van der Waals surface area contributed by atoms with E-state index in [2.05, 4.69) is 21.3 Å². The Morgan fingerprint density at radius 1 is 0.477 bits per heavy atom. The van der Waals surface area contributed by atoms with Crippen LogP contribution in [0.3, 0.4) is 0 Å². The van der Waals surface area contributed by atoms with Crippen LogP contribution in [0.2, 0.25) is 0 Å². The summed E-state index contributed by atoms with van der Waals surface area (Å²) < 4.78 is 0. The molecule has 0 spiro atoms. The smallest absolute Gasteiger partial charge is 0.253 e. The maximum atomic E-state index is 12.9. The molecule has 10 heteroatoms. The molecule has 44 heavy (non-hydrogen) atoms. The predicted molar refractivity (Wildman–Crippen MR) is 174 cm³/mol. The van der Waals surface area contributed by atoms with E-state index in [1.165, 1.54) is 0 Å². The highest BCUT2D eigenvalue weighted by Crippen LogP contribution is 2.23. The first-order chi connectivity index (χ1) is 21.5. The number of nitrogens with zero attached hydrogens (tertiary/aromatic N) is 4. The van der Waals surface area contributed by atoms with Gasteiger partial charge in [0.1, 0.15) is 11.0 Å². The van der Waals surface area contributed by atoms with E-state index in [0.29, 0.717) is 59.4 Å². The average molecular weight is 587 g/mol. The molecule has 222 valence electrons. The highest BCUT2D eigenvalue weighted by Gasteiger charge is 2.14. The molecular formula is C34H34N8O2. The highest BCUT2D eigenvalue weighted by atomic mass is 16.2. The molecule has 0 aliphatic rings. The lowest BCUT2D eigenvalue weighted by atomic mass is 10.1. The Labute approximate surface area is 254 Å². The summed E-state index contributed by atoms with van der Waals surface area (Å²) in [6.45, 7) is 7.64. The Morgan fingerprint density at radius 3 is 1.27 bits per heavy atom. The summed E-state index contributed by atoms with van der Waals surface area (Å²) in [6.07, 6.45) is 0. The average Bonchev–Trinajstić information content (AvgIpc) is 3.03. The first-order valence-corrected chi connectivity index (χ1v) is 14.8. The zero-order valence-corrected chi connectivity index (χ0v) is 24.8. The van der Waals surface area contributed by atoms with E-state index in [-0.39, 0.29) is 11.8 Å². The monoisotopic (exact) mass is 586 g/mol. The molecule has 0 unspecified atom stereocenters. The predicted octanol–water partition coefficient (Wildman–Crippen LogP) is 3.84. The molecule has 0 aliphatic carbocycles. The van der Waals surface area contributed by atoms with Crippen LogP contribution < -0.4 is 21.3 Å². The minimum atomic E-state index is -0.172. The number of nitrogens with one attached hydrogen (secondary N) is 4. The van der Waals surface area contributed by atoms with E-state index in [4.69, 9.17) is 19.9 Å². The number of benzene rings is 4. The van der Waals surface area contributed by atoms with Gasteiger partial charge in [0.2, 0.25) is 0 Å². The van der Waals surface area contributed by atoms with Crippen molar-refractivity contribution in [1.82, 2.24) is 41.2 Å². The number of rotatable bonds is 11. The zero-order chi connectivity index (χ0) is 30.5. The van der Waals surface area contributed by atoms with Crippen molar-refractivity contribution in [3.63, 3.8) is 0 Å². The molecule has 6 aromatic rings. The Balaban J connectivity index is 0.917. The van der Waals surface area contributed by atoms with Crippen LogP contribution >= 0.6 is 0 Å². The molecule has 2 amide bonds. The van der Waals surface area contributed by atoms with Crippen LogP contribution in [0.1, 0.15) is 31.8 Å². The van der Waals surface area contributed by atoms with Gasteiger partial charge < -0.3 is 21.3 Å². The fraction of sp³-hybridized carbons (Fsp3) is 0.235. The van der Waals surface area contributed by atoms with Gasteiger partial charge in [-0.05, 0) is 61.4 Å². The molecule has 0 radical (unpaired) electrons. The number of hydrogen-bond donors (Lipinski definition) is 4. The zero-order valence-electron chi connectivity index (χ0n) is 24.8. The molecule has 6 rings (SSSR count). The highest BCUT2D eigenvalue weighted by molar-refractivity contribution is 6.07. The van der Waals surface area contributed by atoms with E-state index in [0.717, 1.165) is 46.3 Å². The van der Waals surface area contributed by atoms with Gasteiger partial charge in [-0.1, -0.05) is 36.4 Å². The van der Waals surface area contributed by atoms with E-state index < -0.39 is 0 Å². The Hall–Kier alpha value is -5.06. The van der Waals surface area contributed by atoms with Gasteiger partial charge >= 0.3 is 0 Å². The molecule has 10 nitrogen and oxygen atoms in total. The first kappa shape index (κ1) is 29.0. The normalized spacial score (nSPS) is 11.4. The molecular weight excluding hydrogens is 552 g/mol. The molecule has 0 bridgehead atoms. The van der Waals surface area contributed by atoms with E-state index in [1.54, 1.807) is 12.1 Å². The minimum absolute atomic E-state index is 0.172. The molecule has 0 saturated heterocycles. The standard InChI is InChI=1S/C34H34N8O2/c1-21-7-3-11-25-29(21)41-31-23(9-5-13-27(31)39-25)33(43)37-19-17-35-15-16-36-18-20-38-34(44)24-10-6-14-28-32(24)42-30-22(2)8-4-12-26(30)40-28/h3-14,35-36H,15-20H2,1-2H3,(H,37,43)(H,38,44). The summed E-state index contributed by atoms with van der Waals surface area (Å²) in [5.74, 6) is -0.344. The summed E-state index contributed by atoms with van der Waals surface area (Å²) >= 11 is 0. The van der Waals surface area contributed by atoms with Crippen LogP contribution in [0.5, 0.6) is 0 Å². The Bertz CT molecular complexity index is 1860. The fourth-order valence-electron chi connectivity index (χ4n) is 5.23. The first-order valence-electron chi connectivity index (χ1n) is 14.8. The van der Waals surface area contributed by atoms with Crippen LogP contribution in [0.15, 0.2) is 72.8 Å². The van der Waals surface area contributed by atoms with Crippen molar-refractivity contribution in [2.75, 3.05) is 39.3 Å². The second kappa shape index (κ2) is 13.1.